The second kappa shape index (κ2) is 5.23. The van der Waals surface area contributed by atoms with Crippen molar-refractivity contribution in [2.75, 3.05) is 32.5 Å². The first-order valence-corrected chi connectivity index (χ1v) is 6.10. The van der Waals surface area contributed by atoms with Crippen LogP contribution in [0.25, 0.3) is 10.9 Å². The van der Waals surface area contributed by atoms with Gasteiger partial charge in [-0.25, -0.2) is 0 Å². The molecule has 0 amide bonds. The van der Waals surface area contributed by atoms with Crippen molar-refractivity contribution in [2.45, 2.75) is 6.92 Å². The van der Waals surface area contributed by atoms with E-state index in [9.17, 15) is 4.79 Å². The molecule has 0 saturated heterocycles. The quantitative estimate of drug-likeness (QED) is 0.795. The number of rotatable bonds is 5. The van der Waals surface area contributed by atoms with E-state index in [1.54, 1.807) is 6.92 Å². The first kappa shape index (κ1) is 12.6. The van der Waals surface area contributed by atoms with Crippen LogP contribution in [0.15, 0.2) is 24.3 Å². The molecule has 18 heavy (non-hydrogen) atoms. The van der Waals surface area contributed by atoms with E-state index in [4.69, 9.17) is 0 Å². The number of fused-ring (bicyclic) bond motifs is 1. The number of para-hydroxylation sites is 1. The number of carbonyl (C=O) groups is 1. The van der Waals surface area contributed by atoms with Gasteiger partial charge < -0.3 is 15.2 Å². The van der Waals surface area contributed by atoms with Crippen molar-refractivity contribution in [1.29, 1.82) is 0 Å². The van der Waals surface area contributed by atoms with Gasteiger partial charge in [-0.1, -0.05) is 18.2 Å². The lowest BCUT2D eigenvalue weighted by atomic mass is 10.1. The Morgan fingerprint density at radius 2 is 2.06 bits per heavy atom. The highest BCUT2D eigenvalue weighted by Gasteiger charge is 2.14. The van der Waals surface area contributed by atoms with E-state index in [0.717, 1.165) is 35.4 Å². The first-order chi connectivity index (χ1) is 8.59. The molecule has 1 heterocycles. The Morgan fingerprint density at radius 3 is 2.72 bits per heavy atom. The van der Waals surface area contributed by atoms with Gasteiger partial charge in [0, 0.05) is 24.0 Å². The fraction of sp³-hybridized carbons (Fsp3) is 0.357. The predicted octanol–water partition coefficient (Wildman–Crippen LogP) is 2.34. The van der Waals surface area contributed by atoms with Crippen molar-refractivity contribution in [2.24, 2.45) is 0 Å². The Kier molecular flexibility index (Phi) is 3.67. The largest absolute Gasteiger partial charge is 0.370 e. The lowest BCUT2D eigenvalue weighted by Crippen LogP contribution is -2.21. The number of aromatic nitrogens is 1. The molecule has 0 bridgehead atoms. The molecule has 2 rings (SSSR count). The van der Waals surface area contributed by atoms with Gasteiger partial charge in [0.15, 0.2) is 5.78 Å². The predicted molar refractivity (Wildman–Crippen MR) is 75.3 cm³/mol. The number of benzene rings is 1. The van der Waals surface area contributed by atoms with Crippen LogP contribution in [0.5, 0.6) is 0 Å². The third kappa shape index (κ3) is 2.54. The van der Waals surface area contributed by atoms with E-state index in [2.05, 4.69) is 15.2 Å². The number of hydrogen-bond acceptors (Lipinski definition) is 3. The number of hydrogen-bond donors (Lipinski definition) is 2. The molecule has 0 aliphatic rings. The Morgan fingerprint density at radius 1 is 1.33 bits per heavy atom. The van der Waals surface area contributed by atoms with Gasteiger partial charge >= 0.3 is 0 Å². The highest BCUT2D eigenvalue weighted by molar-refractivity contribution is 6.11. The lowest BCUT2D eigenvalue weighted by Gasteiger charge is -2.11. The van der Waals surface area contributed by atoms with Crippen LogP contribution in [0.4, 0.5) is 5.82 Å². The summed E-state index contributed by atoms with van der Waals surface area (Å²) in [5.41, 5.74) is 1.75. The maximum atomic E-state index is 11.8. The first-order valence-electron chi connectivity index (χ1n) is 6.10. The molecule has 0 spiro atoms. The topological polar surface area (TPSA) is 48.1 Å². The normalized spacial score (nSPS) is 11.1. The van der Waals surface area contributed by atoms with Crippen molar-refractivity contribution in [1.82, 2.24) is 9.88 Å². The fourth-order valence-electron chi connectivity index (χ4n) is 2.04. The summed E-state index contributed by atoms with van der Waals surface area (Å²) in [6.45, 7) is 3.33. The molecule has 0 radical (unpaired) electrons. The van der Waals surface area contributed by atoms with Gasteiger partial charge in [0.05, 0.1) is 5.56 Å². The van der Waals surface area contributed by atoms with Crippen molar-refractivity contribution >= 4 is 22.5 Å². The summed E-state index contributed by atoms with van der Waals surface area (Å²) in [6.07, 6.45) is 0. The minimum atomic E-state index is 0.0832. The summed E-state index contributed by atoms with van der Waals surface area (Å²) in [7, 11) is 4.05. The Labute approximate surface area is 107 Å². The van der Waals surface area contributed by atoms with Gasteiger partial charge in [-0.15, -0.1) is 0 Å². The molecule has 0 aliphatic heterocycles. The van der Waals surface area contributed by atoms with E-state index in [1.165, 1.54) is 0 Å². The van der Waals surface area contributed by atoms with Gasteiger partial charge in [-0.05, 0) is 27.1 Å². The van der Waals surface area contributed by atoms with Crippen LogP contribution in [-0.2, 0) is 0 Å². The second-order valence-corrected chi connectivity index (χ2v) is 4.71. The maximum absolute atomic E-state index is 11.8. The molecule has 2 aromatic rings. The van der Waals surface area contributed by atoms with Gasteiger partial charge in [-0.3, -0.25) is 4.79 Å². The Balaban J connectivity index is 2.31. The third-order valence-corrected chi connectivity index (χ3v) is 2.92. The van der Waals surface area contributed by atoms with Crippen molar-refractivity contribution in [3.63, 3.8) is 0 Å². The van der Waals surface area contributed by atoms with E-state index < -0.39 is 0 Å². The van der Waals surface area contributed by atoms with Crippen LogP contribution in [0, 0.1) is 0 Å². The van der Waals surface area contributed by atoms with Crippen LogP contribution in [0.2, 0.25) is 0 Å². The molecule has 4 heteroatoms. The third-order valence-electron chi connectivity index (χ3n) is 2.92. The zero-order valence-corrected chi connectivity index (χ0v) is 11.1. The van der Waals surface area contributed by atoms with Crippen LogP contribution in [-0.4, -0.2) is 42.9 Å². The maximum Gasteiger partial charge on any atom is 0.164 e. The number of nitrogens with zero attached hydrogens (tertiary/aromatic N) is 1. The van der Waals surface area contributed by atoms with Crippen LogP contribution < -0.4 is 5.32 Å². The Bertz CT molecular complexity index is 557. The van der Waals surface area contributed by atoms with Crippen LogP contribution in [0.3, 0.4) is 0 Å². The minimum Gasteiger partial charge on any atom is -0.370 e. The van der Waals surface area contributed by atoms with Crippen molar-refractivity contribution < 1.29 is 4.79 Å². The average molecular weight is 245 g/mol. The number of aromatic amines is 1. The van der Waals surface area contributed by atoms with Crippen LogP contribution >= 0.6 is 0 Å². The van der Waals surface area contributed by atoms with E-state index in [0.29, 0.717) is 0 Å². The molecule has 1 aromatic carbocycles. The summed E-state index contributed by atoms with van der Waals surface area (Å²) in [4.78, 5) is 17.1. The van der Waals surface area contributed by atoms with E-state index in [1.807, 2.05) is 38.4 Å². The summed E-state index contributed by atoms with van der Waals surface area (Å²) in [6, 6.07) is 7.87. The standard InChI is InChI=1S/C14H19N3O/c1-10(18)13-11-6-4-5-7-12(11)16-14(13)15-8-9-17(2)3/h4-7,15-16H,8-9H2,1-3H3. The molecule has 96 valence electrons. The number of carbonyl (C=O) groups excluding carboxylic acids is 1. The molecule has 0 unspecified atom stereocenters. The molecular formula is C14H19N3O. The van der Waals surface area contributed by atoms with Gasteiger partial charge in [0.2, 0.25) is 0 Å². The number of nitrogens with one attached hydrogen (secondary N) is 2. The monoisotopic (exact) mass is 245 g/mol. The van der Waals surface area contributed by atoms with Crippen molar-refractivity contribution in [3.8, 4) is 0 Å². The molecule has 0 saturated carbocycles. The molecule has 2 N–H and O–H groups in total. The molecule has 0 atom stereocenters. The fourth-order valence-corrected chi connectivity index (χ4v) is 2.04. The SMILES string of the molecule is CC(=O)c1c(NCCN(C)C)[nH]c2ccccc12. The summed E-state index contributed by atoms with van der Waals surface area (Å²) in [5, 5.41) is 4.28. The lowest BCUT2D eigenvalue weighted by molar-refractivity contribution is 0.102. The van der Waals surface area contributed by atoms with E-state index >= 15 is 0 Å². The molecule has 4 nitrogen and oxygen atoms in total. The Hall–Kier alpha value is -1.81. The zero-order chi connectivity index (χ0) is 13.1. The smallest absolute Gasteiger partial charge is 0.164 e. The van der Waals surface area contributed by atoms with Gasteiger partial charge in [0.25, 0.3) is 0 Å². The number of Topliss-reactive ketones (excluding diaryl/α,β-unsaturated/α-hetero) is 1. The minimum absolute atomic E-state index is 0.0832. The van der Waals surface area contributed by atoms with E-state index in [-0.39, 0.29) is 5.78 Å². The highest BCUT2D eigenvalue weighted by Crippen LogP contribution is 2.26. The zero-order valence-electron chi connectivity index (χ0n) is 11.1. The van der Waals surface area contributed by atoms with Gasteiger partial charge in [-0.2, -0.15) is 0 Å². The summed E-state index contributed by atoms with van der Waals surface area (Å²) < 4.78 is 0. The van der Waals surface area contributed by atoms with Crippen molar-refractivity contribution in [3.05, 3.63) is 29.8 Å². The number of anilines is 1. The summed E-state index contributed by atoms with van der Waals surface area (Å²) in [5.74, 6) is 0.908. The number of H-pyrrole nitrogens is 1. The summed E-state index contributed by atoms with van der Waals surface area (Å²) >= 11 is 0. The molecular weight excluding hydrogens is 226 g/mol. The second-order valence-electron chi connectivity index (χ2n) is 4.71. The molecule has 0 aliphatic carbocycles. The van der Waals surface area contributed by atoms with Gasteiger partial charge in [0.1, 0.15) is 5.82 Å². The molecule has 0 fully saturated rings. The molecule has 1 aromatic heterocycles. The average Bonchev–Trinajstić information content (AvgIpc) is 2.66. The van der Waals surface area contributed by atoms with Crippen LogP contribution in [0.1, 0.15) is 17.3 Å². The number of ketones is 1. The highest BCUT2D eigenvalue weighted by atomic mass is 16.1. The number of likely N-dealkylation sites (N-methyl/N-ethyl adjacent to an activating group) is 1.